The van der Waals surface area contributed by atoms with Crippen LogP contribution in [0.1, 0.15) is 39.5 Å². The third-order valence-corrected chi connectivity index (χ3v) is 3.63. The molecule has 112 valence electrons. The van der Waals surface area contributed by atoms with Gasteiger partial charge < -0.3 is 10.6 Å². The average molecular weight is 280 g/mol. The number of amides is 1. The van der Waals surface area contributed by atoms with E-state index in [2.05, 4.69) is 24.5 Å². The van der Waals surface area contributed by atoms with Crippen LogP contribution in [0.2, 0.25) is 0 Å². The molecule has 19 heavy (non-hydrogen) atoms. The lowest BCUT2D eigenvalue weighted by Crippen LogP contribution is -2.52. The molecule has 1 saturated heterocycles. The molecule has 0 bridgehead atoms. The van der Waals surface area contributed by atoms with Crippen LogP contribution in [-0.4, -0.2) is 31.7 Å². The number of nitrogens with one attached hydrogen (secondary N) is 2. The summed E-state index contributed by atoms with van der Waals surface area (Å²) in [4.78, 5) is 11.8. The highest BCUT2D eigenvalue weighted by atomic mass is 19.4. The molecular formula is C13H23F3N2O. The molecule has 1 unspecified atom stereocenters. The van der Waals surface area contributed by atoms with Crippen molar-refractivity contribution in [1.82, 2.24) is 10.6 Å². The van der Waals surface area contributed by atoms with E-state index in [0.717, 1.165) is 19.3 Å². The number of rotatable bonds is 6. The monoisotopic (exact) mass is 280 g/mol. The van der Waals surface area contributed by atoms with Gasteiger partial charge in [-0.1, -0.05) is 26.7 Å². The average Bonchev–Trinajstić information content (AvgIpc) is 2.77. The lowest BCUT2D eigenvalue weighted by atomic mass is 9.85. The molecule has 0 aliphatic carbocycles. The summed E-state index contributed by atoms with van der Waals surface area (Å²) in [5.41, 5.74) is -2.23. The minimum atomic E-state index is -4.49. The minimum absolute atomic E-state index is 0.172. The Labute approximate surface area is 112 Å². The van der Waals surface area contributed by atoms with Crippen LogP contribution < -0.4 is 10.6 Å². The molecule has 6 heteroatoms. The smallest absolute Gasteiger partial charge is 0.355 e. The third-order valence-electron chi connectivity index (χ3n) is 3.63. The van der Waals surface area contributed by atoms with Crippen LogP contribution in [0.3, 0.4) is 0 Å². The van der Waals surface area contributed by atoms with Crippen LogP contribution in [-0.2, 0) is 4.79 Å². The minimum Gasteiger partial charge on any atom is -0.355 e. The Morgan fingerprint density at radius 2 is 2.05 bits per heavy atom. The summed E-state index contributed by atoms with van der Waals surface area (Å²) in [6.45, 7) is 4.45. The van der Waals surface area contributed by atoms with Gasteiger partial charge in [-0.3, -0.25) is 4.79 Å². The summed E-state index contributed by atoms with van der Waals surface area (Å²) in [7, 11) is 0. The Morgan fingerprint density at radius 3 is 2.53 bits per heavy atom. The van der Waals surface area contributed by atoms with Crippen LogP contribution in [0.5, 0.6) is 0 Å². The molecule has 3 nitrogen and oxygen atoms in total. The van der Waals surface area contributed by atoms with Crippen LogP contribution in [0, 0.1) is 11.3 Å². The predicted molar refractivity (Wildman–Crippen MR) is 67.7 cm³/mol. The van der Waals surface area contributed by atoms with Crippen molar-refractivity contribution in [3.05, 3.63) is 0 Å². The Hall–Kier alpha value is -0.780. The van der Waals surface area contributed by atoms with E-state index in [4.69, 9.17) is 0 Å². The van der Waals surface area contributed by atoms with Crippen LogP contribution in [0.25, 0.3) is 0 Å². The highest BCUT2D eigenvalue weighted by Gasteiger charge is 2.61. The topological polar surface area (TPSA) is 41.1 Å². The zero-order chi connectivity index (χ0) is 14.5. The highest BCUT2D eigenvalue weighted by molar-refractivity contribution is 5.84. The molecule has 1 amide bonds. The SMILES string of the molecule is CC(C)CCCCNC(=O)C1(C(F)(F)F)CCNC1. The third kappa shape index (κ3) is 4.09. The number of hydrogen-bond acceptors (Lipinski definition) is 2. The fraction of sp³-hybridized carbons (Fsp3) is 0.923. The molecule has 0 radical (unpaired) electrons. The van der Waals surface area contributed by atoms with Crippen molar-refractivity contribution in [3.63, 3.8) is 0 Å². The maximum atomic E-state index is 13.0. The first-order chi connectivity index (χ1) is 8.79. The van der Waals surface area contributed by atoms with Gasteiger partial charge >= 0.3 is 6.18 Å². The van der Waals surface area contributed by atoms with Crippen molar-refractivity contribution in [2.75, 3.05) is 19.6 Å². The molecular weight excluding hydrogens is 257 g/mol. The van der Waals surface area contributed by atoms with Crippen molar-refractivity contribution in [1.29, 1.82) is 0 Å². The molecule has 0 aromatic carbocycles. The van der Waals surface area contributed by atoms with Gasteiger partial charge in [0, 0.05) is 13.1 Å². The Kier molecular flexibility index (Phi) is 5.64. The molecule has 2 N–H and O–H groups in total. The summed E-state index contributed by atoms with van der Waals surface area (Å²) >= 11 is 0. The lowest BCUT2D eigenvalue weighted by Gasteiger charge is -2.29. The van der Waals surface area contributed by atoms with E-state index < -0.39 is 17.5 Å². The molecule has 1 atom stereocenters. The second-order valence-electron chi connectivity index (χ2n) is 5.65. The summed E-state index contributed by atoms with van der Waals surface area (Å²) in [6.07, 6.45) is -1.98. The second kappa shape index (κ2) is 6.59. The van der Waals surface area contributed by atoms with Gasteiger partial charge in [0.15, 0.2) is 5.41 Å². The summed E-state index contributed by atoms with van der Waals surface area (Å²) < 4.78 is 39.1. The fourth-order valence-corrected chi connectivity index (χ4v) is 2.31. The number of halogens is 3. The first kappa shape index (κ1) is 16.3. The zero-order valence-corrected chi connectivity index (χ0v) is 11.6. The number of carbonyl (C=O) groups excluding carboxylic acids is 1. The van der Waals surface area contributed by atoms with Crippen molar-refractivity contribution >= 4 is 5.91 Å². The standard InChI is InChI=1S/C13H23F3N2O/c1-10(2)5-3-4-7-18-11(19)12(13(14,15)16)6-8-17-9-12/h10,17H,3-9H2,1-2H3,(H,18,19). The lowest BCUT2D eigenvalue weighted by molar-refractivity contribution is -0.216. The van der Waals surface area contributed by atoms with Gasteiger partial charge in [-0.25, -0.2) is 0 Å². The van der Waals surface area contributed by atoms with E-state index in [0.29, 0.717) is 12.5 Å². The molecule has 1 rings (SSSR count). The summed E-state index contributed by atoms with van der Waals surface area (Å²) in [5.74, 6) is -0.300. The quantitative estimate of drug-likeness (QED) is 0.734. The van der Waals surface area contributed by atoms with Gasteiger partial charge in [-0.05, 0) is 25.3 Å². The van der Waals surface area contributed by atoms with E-state index in [1.165, 1.54) is 0 Å². The van der Waals surface area contributed by atoms with Crippen molar-refractivity contribution in [3.8, 4) is 0 Å². The Bertz CT molecular complexity index is 297. The Morgan fingerprint density at radius 1 is 1.37 bits per heavy atom. The van der Waals surface area contributed by atoms with Gasteiger partial charge in [-0.2, -0.15) is 13.2 Å². The van der Waals surface area contributed by atoms with E-state index in [1.807, 2.05) is 0 Å². The number of alkyl halides is 3. The first-order valence-electron chi connectivity index (χ1n) is 6.85. The molecule has 1 aliphatic rings. The first-order valence-corrected chi connectivity index (χ1v) is 6.85. The number of unbranched alkanes of at least 4 members (excludes halogenated alkanes) is 1. The zero-order valence-electron chi connectivity index (χ0n) is 11.6. The van der Waals surface area contributed by atoms with Crippen molar-refractivity contribution in [2.24, 2.45) is 11.3 Å². The van der Waals surface area contributed by atoms with Gasteiger partial charge in [0.2, 0.25) is 5.91 Å². The second-order valence-corrected chi connectivity index (χ2v) is 5.65. The normalized spacial score (nSPS) is 23.9. The van der Waals surface area contributed by atoms with Crippen LogP contribution in [0.15, 0.2) is 0 Å². The van der Waals surface area contributed by atoms with Gasteiger partial charge in [0.25, 0.3) is 0 Å². The highest BCUT2D eigenvalue weighted by Crippen LogP contribution is 2.43. The molecule has 1 aliphatic heterocycles. The van der Waals surface area contributed by atoms with E-state index in [-0.39, 0.29) is 19.5 Å². The van der Waals surface area contributed by atoms with Gasteiger partial charge in [0.1, 0.15) is 0 Å². The molecule has 0 spiro atoms. The van der Waals surface area contributed by atoms with E-state index >= 15 is 0 Å². The maximum Gasteiger partial charge on any atom is 0.404 e. The van der Waals surface area contributed by atoms with Crippen molar-refractivity contribution < 1.29 is 18.0 Å². The number of carbonyl (C=O) groups is 1. The van der Waals surface area contributed by atoms with Crippen molar-refractivity contribution in [2.45, 2.75) is 45.7 Å². The maximum absolute atomic E-state index is 13.0. The molecule has 1 fully saturated rings. The summed E-state index contributed by atoms with van der Waals surface area (Å²) in [5, 5.41) is 5.08. The Balaban J connectivity index is 2.42. The summed E-state index contributed by atoms with van der Waals surface area (Å²) in [6, 6.07) is 0. The van der Waals surface area contributed by atoms with Crippen LogP contribution >= 0.6 is 0 Å². The number of hydrogen-bond donors (Lipinski definition) is 2. The van der Waals surface area contributed by atoms with Crippen LogP contribution in [0.4, 0.5) is 13.2 Å². The molecule has 1 heterocycles. The molecule has 0 aromatic rings. The predicted octanol–water partition coefficient (Wildman–Crippen LogP) is 2.47. The largest absolute Gasteiger partial charge is 0.404 e. The molecule has 0 saturated carbocycles. The molecule has 0 aromatic heterocycles. The van der Waals surface area contributed by atoms with Gasteiger partial charge in [-0.15, -0.1) is 0 Å². The van der Waals surface area contributed by atoms with E-state index in [9.17, 15) is 18.0 Å². The fourth-order valence-electron chi connectivity index (χ4n) is 2.31. The van der Waals surface area contributed by atoms with Gasteiger partial charge in [0.05, 0.1) is 0 Å². The van der Waals surface area contributed by atoms with E-state index in [1.54, 1.807) is 0 Å².